The van der Waals surface area contributed by atoms with Gasteiger partial charge >= 0.3 is 0 Å². The van der Waals surface area contributed by atoms with Crippen molar-refractivity contribution in [1.29, 1.82) is 0 Å². The van der Waals surface area contributed by atoms with Crippen molar-refractivity contribution in [1.82, 2.24) is 48.2 Å². The molecule has 0 unspecified atom stereocenters. The van der Waals surface area contributed by atoms with Crippen LogP contribution in [0.4, 0.5) is 0 Å². The summed E-state index contributed by atoms with van der Waals surface area (Å²) < 4.78 is 9.19. The summed E-state index contributed by atoms with van der Waals surface area (Å²) in [5.74, 6) is 3.72. The van der Waals surface area contributed by atoms with Gasteiger partial charge in [0.2, 0.25) is 11.9 Å². The van der Waals surface area contributed by atoms with Crippen LogP contribution in [-0.4, -0.2) is 48.2 Å². The SMILES string of the molecule is c1ccc(-c2nc(-c3ccccc3)nc(-n3c4ccccc4c4ccc5c(c6ccccc6n5-c5ccccc5)c43)n2)cc1.c1ccc(-c2nc(-c3ccccc3)nc(-n3c4ccccc4c4ccc5c6ccccc6n(-c6ccccc6)c5c43)n2)cc1. The molecule has 6 heterocycles. The molecule has 12 aromatic carbocycles. The highest BCUT2D eigenvalue weighted by Crippen LogP contribution is 2.44. The predicted octanol–water partition coefficient (Wildman–Crippen LogP) is 18.8. The Morgan fingerprint density at radius 2 is 0.466 bits per heavy atom. The van der Waals surface area contributed by atoms with Gasteiger partial charge < -0.3 is 9.13 Å². The molecule has 0 amide bonds. The van der Waals surface area contributed by atoms with Crippen molar-refractivity contribution in [3.8, 4) is 68.8 Å². The third kappa shape index (κ3) is 8.26. The van der Waals surface area contributed by atoms with E-state index in [-0.39, 0.29) is 0 Å². The van der Waals surface area contributed by atoms with Gasteiger partial charge in [-0.1, -0.05) is 249 Å². The minimum atomic E-state index is 0.585. The summed E-state index contributed by atoms with van der Waals surface area (Å²) in [6.45, 7) is 0. The van der Waals surface area contributed by atoms with Gasteiger partial charge in [-0.15, -0.1) is 0 Å². The molecule has 0 aliphatic heterocycles. The van der Waals surface area contributed by atoms with Gasteiger partial charge in [0.25, 0.3) is 0 Å². The molecule has 0 spiro atoms. The van der Waals surface area contributed by atoms with E-state index >= 15 is 0 Å². The summed E-state index contributed by atoms with van der Waals surface area (Å²) in [7, 11) is 0. The van der Waals surface area contributed by atoms with E-state index in [0.29, 0.717) is 35.2 Å². The van der Waals surface area contributed by atoms with Crippen LogP contribution in [0.2, 0.25) is 0 Å². The van der Waals surface area contributed by atoms with Gasteiger partial charge in [-0.2, -0.15) is 19.9 Å². The summed E-state index contributed by atoms with van der Waals surface area (Å²) in [5, 5.41) is 9.35. The van der Waals surface area contributed by atoms with E-state index in [9.17, 15) is 0 Å². The Labute approximate surface area is 504 Å². The van der Waals surface area contributed by atoms with Crippen molar-refractivity contribution >= 4 is 87.2 Å². The molecule has 0 N–H and O–H groups in total. The Balaban J connectivity index is 0.000000137. The van der Waals surface area contributed by atoms with Crippen molar-refractivity contribution in [2.75, 3.05) is 0 Å². The number of fused-ring (bicyclic) bond motifs is 14. The summed E-state index contributed by atoms with van der Waals surface area (Å²) in [5.41, 5.74) is 14.8. The van der Waals surface area contributed by atoms with Crippen molar-refractivity contribution in [2.45, 2.75) is 0 Å². The lowest BCUT2D eigenvalue weighted by molar-refractivity contribution is 0.953. The molecule has 412 valence electrons. The molecule has 0 radical (unpaired) electrons. The highest BCUT2D eigenvalue weighted by molar-refractivity contribution is 6.26. The van der Waals surface area contributed by atoms with E-state index in [1.807, 2.05) is 121 Å². The molecule has 10 nitrogen and oxygen atoms in total. The van der Waals surface area contributed by atoms with Crippen LogP contribution in [0, 0.1) is 0 Å². The quantitative estimate of drug-likeness (QED) is 0.150. The van der Waals surface area contributed by atoms with Gasteiger partial charge in [-0.05, 0) is 54.6 Å². The van der Waals surface area contributed by atoms with Crippen LogP contribution in [-0.2, 0) is 0 Å². The maximum absolute atomic E-state index is 5.17. The number of rotatable bonds is 8. The number of benzene rings is 12. The first-order valence-corrected chi connectivity index (χ1v) is 29.5. The molecule has 0 fully saturated rings. The molecule has 0 bridgehead atoms. The Bertz CT molecular complexity index is 5540. The second kappa shape index (κ2) is 20.9. The van der Waals surface area contributed by atoms with Crippen LogP contribution in [0.15, 0.2) is 303 Å². The largest absolute Gasteiger partial charge is 0.309 e. The van der Waals surface area contributed by atoms with Gasteiger partial charge in [0.05, 0.1) is 44.1 Å². The molecule has 18 aromatic rings. The summed E-state index contributed by atoms with van der Waals surface area (Å²) >= 11 is 0. The zero-order chi connectivity index (χ0) is 58.1. The van der Waals surface area contributed by atoms with Crippen LogP contribution in [0.5, 0.6) is 0 Å². The van der Waals surface area contributed by atoms with E-state index in [4.69, 9.17) is 29.9 Å². The molecule has 88 heavy (non-hydrogen) atoms. The lowest BCUT2D eigenvalue weighted by Gasteiger charge is -2.13. The van der Waals surface area contributed by atoms with Gasteiger partial charge in [0.15, 0.2) is 23.3 Å². The van der Waals surface area contributed by atoms with Crippen molar-refractivity contribution in [3.63, 3.8) is 0 Å². The number of aromatic nitrogens is 10. The van der Waals surface area contributed by atoms with Gasteiger partial charge in [-0.3, -0.25) is 9.13 Å². The first-order valence-electron chi connectivity index (χ1n) is 29.5. The Morgan fingerprint density at radius 1 is 0.182 bits per heavy atom. The van der Waals surface area contributed by atoms with Crippen molar-refractivity contribution in [3.05, 3.63) is 303 Å². The molecular weight excluding hydrogens is 1080 g/mol. The molecule has 18 rings (SSSR count). The molecule has 0 saturated carbocycles. The van der Waals surface area contributed by atoms with E-state index in [2.05, 4.69) is 200 Å². The second-order valence-corrected chi connectivity index (χ2v) is 21.8. The predicted molar refractivity (Wildman–Crippen MR) is 359 cm³/mol. The summed E-state index contributed by atoms with van der Waals surface area (Å²) in [6, 6.07) is 105. The highest BCUT2D eigenvalue weighted by Gasteiger charge is 2.26. The third-order valence-electron chi connectivity index (χ3n) is 16.7. The molecule has 0 atom stereocenters. The summed E-state index contributed by atoms with van der Waals surface area (Å²) in [4.78, 5) is 30.6. The fourth-order valence-electron chi connectivity index (χ4n) is 12.9. The minimum Gasteiger partial charge on any atom is -0.309 e. The third-order valence-corrected chi connectivity index (χ3v) is 16.7. The molecule has 6 aromatic heterocycles. The van der Waals surface area contributed by atoms with Gasteiger partial charge in [0.1, 0.15) is 0 Å². The highest BCUT2D eigenvalue weighted by atomic mass is 15.2. The minimum absolute atomic E-state index is 0.585. The van der Waals surface area contributed by atoms with E-state index in [1.165, 1.54) is 21.5 Å². The van der Waals surface area contributed by atoms with Gasteiger partial charge in [-0.25, -0.2) is 9.97 Å². The van der Waals surface area contributed by atoms with E-state index < -0.39 is 0 Å². The van der Waals surface area contributed by atoms with Crippen LogP contribution in [0.1, 0.15) is 0 Å². The van der Waals surface area contributed by atoms with E-state index in [0.717, 1.165) is 99.3 Å². The van der Waals surface area contributed by atoms with Crippen molar-refractivity contribution < 1.29 is 0 Å². The van der Waals surface area contributed by atoms with Crippen LogP contribution >= 0.6 is 0 Å². The number of nitrogens with zero attached hydrogens (tertiary/aromatic N) is 10. The Morgan fingerprint density at radius 3 is 0.875 bits per heavy atom. The first-order chi connectivity index (χ1) is 43.7. The monoisotopic (exact) mass is 1130 g/mol. The normalized spacial score (nSPS) is 11.6. The maximum Gasteiger partial charge on any atom is 0.238 e. The fraction of sp³-hybridized carbons (Fsp3) is 0. The fourth-order valence-corrected chi connectivity index (χ4v) is 12.9. The Hall–Kier alpha value is -12.1. The maximum atomic E-state index is 5.17. The molecule has 10 heteroatoms. The number of hydrogen-bond acceptors (Lipinski definition) is 6. The topological polar surface area (TPSA) is 97.1 Å². The Kier molecular flexibility index (Phi) is 12.0. The zero-order valence-corrected chi connectivity index (χ0v) is 47.3. The van der Waals surface area contributed by atoms with Crippen LogP contribution in [0.3, 0.4) is 0 Å². The summed E-state index contributed by atoms with van der Waals surface area (Å²) in [6.07, 6.45) is 0. The van der Waals surface area contributed by atoms with Gasteiger partial charge in [0, 0.05) is 76.7 Å². The smallest absolute Gasteiger partial charge is 0.238 e. The standard InChI is InChI=1S/2C39H25N5/c1-4-14-26(15-5-1)37-40-38(27-16-6-2-7-17-27)42-39(41-37)44-32-22-12-10-20-29(32)30-24-25-34-35(36(30)44)31-21-11-13-23-33(31)43(34)28-18-8-3-9-19-28;1-4-14-26(15-5-1)37-40-38(27-16-6-2-7-17-27)42-39(41-37)44-34-23-13-11-21-30(34)32-25-24-31-29-20-10-12-22-33(29)43(35(31)36(32)44)28-18-8-3-9-19-28/h2*1-25H. The lowest BCUT2D eigenvalue weighted by Crippen LogP contribution is -2.07. The average molecular weight is 1130 g/mol. The second-order valence-electron chi connectivity index (χ2n) is 21.8. The van der Waals surface area contributed by atoms with E-state index in [1.54, 1.807) is 0 Å². The first kappa shape index (κ1) is 50.4. The molecule has 0 saturated heterocycles. The lowest BCUT2D eigenvalue weighted by atomic mass is 10.1. The molecule has 0 aliphatic carbocycles. The van der Waals surface area contributed by atoms with Crippen LogP contribution in [0.25, 0.3) is 156 Å². The molecular formula is C78H50N10. The van der Waals surface area contributed by atoms with Crippen molar-refractivity contribution in [2.24, 2.45) is 0 Å². The molecule has 0 aliphatic rings. The zero-order valence-electron chi connectivity index (χ0n) is 47.3. The average Bonchev–Trinajstić information content (AvgIpc) is 1.71. The van der Waals surface area contributed by atoms with Crippen LogP contribution < -0.4 is 0 Å². The number of hydrogen-bond donors (Lipinski definition) is 0. The number of para-hydroxylation sites is 6.